The van der Waals surface area contributed by atoms with E-state index >= 15 is 0 Å². The second-order valence-corrected chi connectivity index (χ2v) is 9.30. The summed E-state index contributed by atoms with van der Waals surface area (Å²) in [6.45, 7) is 6.72. The van der Waals surface area contributed by atoms with E-state index in [-0.39, 0.29) is 5.91 Å². The molecule has 27 heavy (non-hydrogen) atoms. The van der Waals surface area contributed by atoms with Crippen LogP contribution in [0.4, 0.5) is 5.69 Å². The van der Waals surface area contributed by atoms with Crippen LogP contribution in [0.2, 0.25) is 0 Å². The zero-order valence-corrected chi connectivity index (χ0v) is 17.8. The molecule has 0 aliphatic heterocycles. The highest BCUT2D eigenvalue weighted by atomic mass is 32.1. The van der Waals surface area contributed by atoms with Crippen LogP contribution in [-0.2, 0) is 0 Å². The van der Waals surface area contributed by atoms with Gasteiger partial charge in [-0.3, -0.25) is 4.79 Å². The standard InChI is InChI=1S/C24H33NOS/c1-4-7-17(2)14-19-10-12-20(13-11-19)23-15-21(16-27-23)24(26)25-22-9-6-5-8-18(22)3/h5-6,8-9,15-17,19-20H,4,7,10-14H2,1-3H3,(H,25,26). The Morgan fingerprint density at radius 3 is 2.67 bits per heavy atom. The maximum atomic E-state index is 12.6. The Hall–Kier alpha value is -1.61. The van der Waals surface area contributed by atoms with Crippen LogP contribution in [0, 0.1) is 18.8 Å². The van der Waals surface area contributed by atoms with E-state index in [4.69, 9.17) is 0 Å². The van der Waals surface area contributed by atoms with Crippen LogP contribution >= 0.6 is 11.3 Å². The number of amides is 1. The lowest BCUT2D eigenvalue weighted by atomic mass is 9.77. The lowest BCUT2D eigenvalue weighted by Crippen LogP contribution is -2.15. The zero-order chi connectivity index (χ0) is 19.2. The Morgan fingerprint density at radius 2 is 1.96 bits per heavy atom. The van der Waals surface area contributed by atoms with Crippen molar-refractivity contribution in [2.75, 3.05) is 5.32 Å². The molecule has 3 heteroatoms. The molecule has 0 spiro atoms. The molecule has 1 aliphatic rings. The highest BCUT2D eigenvalue weighted by molar-refractivity contribution is 7.10. The number of nitrogens with one attached hydrogen (secondary N) is 1. The SMILES string of the molecule is CCCC(C)CC1CCC(c2cc(C(=O)Nc3ccccc3C)cs2)CC1. The molecule has 1 aliphatic carbocycles. The van der Waals surface area contributed by atoms with Gasteiger partial charge in [-0.1, -0.05) is 44.9 Å². The summed E-state index contributed by atoms with van der Waals surface area (Å²) in [7, 11) is 0. The Kier molecular flexibility index (Phi) is 7.12. The first-order valence-corrected chi connectivity index (χ1v) is 11.4. The Morgan fingerprint density at radius 1 is 1.22 bits per heavy atom. The van der Waals surface area contributed by atoms with E-state index in [9.17, 15) is 4.79 Å². The molecular formula is C24H33NOS. The number of carbonyl (C=O) groups excluding carboxylic acids is 1. The van der Waals surface area contributed by atoms with Crippen LogP contribution in [0.25, 0.3) is 0 Å². The number of rotatable bonds is 7. The average Bonchev–Trinajstić information content (AvgIpc) is 3.15. The molecule has 3 rings (SSSR count). The molecule has 0 bridgehead atoms. The average molecular weight is 384 g/mol. The molecule has 1 amide bonds. The molecule has 1 aromatic heterocycles. The molecular weight excluding hydrogens is 350 g/mol. The zero-order valence-electron chi connectivity index (χ0n) is 17.0. The number of thiophene rings is 1. The maximum absolute atomic E-state index is 12.6. The third kappa shape index (κ3) is 5.44. The van der Waals surface area contributed by atoms with Gasteiger partial charge in [-0.15, -0.1) is 11.3 Å². The molecule has 2 nitrogen and oxygen atoms in total. The minimum atomic E-state index is 0.00822. The van der Waals surface area contributed by atoms with Crippen LogP contribution in [0.3, 0.4) is 0 Å². The number of hydrogen-bond donors (Lipinski definition) is 1. The van der Waals surface area contributed by atoms with Crippen molar-refractivity contribution < 1.29 is 4.79 Å². The van der Waals surface area contributed by atoms with Gasteiger partial charge >= 0.3 is 0 Å². The molecule has 1 heterocycles. The summed E-state index contributed by atoms with van der Waals surface area (Å²) in [5, 5.41) is 5.08. The summed E-state index contributed by atoms with van der Waals surface area (Å²) in [5.74, 6) is 2.43. The molecule has 0 radical (unpaired) electrons. The smallest absolute Gasteiger partial charge is 0.256 e. The first-order chi connectivity index (χ1) is 13.1. The van der Waals surface area contributed by atoms with Crippen LogP contribution in [0.5, 0.6) is 0 Å². The van der Waals surface area contributed by atoms with E-state index in [1.165, 1.54) is 49.8 Å². The fraction of sp³-hybridized carbons (Fsp3) is 0.542. The van der Waals surface area contributed by atoms with E-state index in [2.05, 4.69) is 25.2 Å². The van der Waals surface area contributed by atoms with Crippen LogP contribution < -0.4 is 5.32 Å². The van der Waals surface area contributed by atoms with E-state index in [1.807, 2.05) is 36.6 Å². The lowest BCUT2D eigenvalue weighted by Gasteiger charge is -2.29. The Balaban J connectivity index is 1.54. The normalized spacial score (nSPS) is 21.0. The summed E-state index contributed by atoms with van der Waals surface area (Å²) in [6, 6.07) is 10.1. The Labute approximate surface area is 168 Å². The van der Waals surface area contributed by atoms with E-state index in [0.29, 0.717) is 5.92 Å². The second-order valence-electron chi connectivity index (χ2n) is 8.35. The van der Waals surface area contributed by atoms with Crippen LogP contribution in [0.1, 0.15) is 85.5 Å². The maximum Gasteiger partial charge on any atom is 0.256 e. The number of benzene rings is 1. The van der Waals surface area contributed by atoms with Crippen molar-refractivity contribution in [3.8, 4) is 0 Å². The molecule has 1 N–H and O–H groups in total. The molecule has 1 unspecified atom stereocenters. The number of anilines is 1. The molecule has 1 saturated carbocycles. The predicted octanol–water partition coefficient (Wildman–Crippen LogP) is 7.41. The van der Waals surface area contributed by atoms with E-state index < -0.39 is 0 Å². The number of aryl methyl sites for hydroxylation is 1. The van der Waals surface area contributed by atoms with Gasteiger partial charge in [-0.2, -0.15) is 0 Å². The summed E-state index contributed by atoms with van der Waals surface area (Å²) in [5.41, 5.74) is 2.80. The van der Waals surface area contributed by atoms with Gasteiger partial charge in [-0.05, 0) is 74.5 Å². The van der Waals surface area contributed by atoms with Crippen molar-refractivity contribution in [1.82, 2.24) is 0 Å². The van der Waals surface area contributed by atoms with Crippen molar-refractivity contribution in [3.63, 3.8) is 0 Å². The minimum Gasteiger partial charge on any atom is -0.322 e. The van der Waals surface area contributed by atoms with Gasteiger partial charge in [0.1, 0.15) is 0 Å². The molecule has 146 valence electrons. The monoisotopic (exact) mass is 383 g/mol. The predicted molar refractivity (Wildman–Crippen MR) is 117 cm³/mol. The minimum absolute atomic E-state index is 0.00822. The highest BCUT2D eigenvalue weighted by Gasteiger charge is 2.25. The first-order valence-electron chi connectivity index (χ1n) is 10.5. The third-order valence-electron chi connectivity index (χ3n) is 6.04. The summed E-state index contributed by atoms with van der Waals surface area (Å²) >= 11 is 1.76. The quantitative estimate of drug-likeness (QED) is 0.530. The van der Waals surface area contributed by atoms with Gasteiger partial charge in [-0.25, -0.2) is 0 Å². The molecule has 1 aromatic carbocycles. The van der Waals surface area contributed by atoms with Gasteiger partial charge in [0.15, 0.2) is 0 Å². The summed E-state index contributed by atoms with van der Waals surface area (Å²) in [6.07, 6.45) is 9.33. The molecule has 1 atom stereocenters. The van der Waals surface area contributed by atoms with E-state index in [0.717, 1.165) is 28.7 Å². The van der Waals surface area contributed by atoms with Crippen molar-refractivity contribution in [3.05, 3.63) is 51.7 Å². The second kappa shape index (κ2) is 9.54. The fourth-order valence-corrected chi connectivity index (χ4v) is 5.52. The van der Waals surface area contributed by atoms with Crippen LogP contribution in [-0.4, -0.2) is 5.91 Å². The number of hydrogen-bond acceptors (Lipinski definition) is 2. The van der Waals surface area contributed by atoms with Gasteiger partial charge in [0.2, 0.25) is 0 Å². The molecule has 1 fully saturated rings. The highest BCUT2D eigenvalue weighted by Crippen LogP contribution is 2.40. The summed E-state index contributed by atoms with van der Waals surface area (Å²) in [4.78, 5) is 14.0. The van der Waals surface area contributed by atoms with Crippen molar-refractivity contribution in [2.24, 2.45) is 11.8 Å². The van der Waals surface area contributed by atoms with Crippen LogP contribution in [0.15, 0.2) is 35.7 Å². The summed E-state index contributed by atoms with van der Waals surface area (Å²) < 4.78 is 0. The lowest BCUT2D eigenvalue weighted by molar-refractivity contribution is 0.102. The van der Waals surface area contributed by atoms with Gasteiger partial charge in [0.05, 0.1) is 5.56 Å². The molecule has 2 aromatic rings. The fourth-order valence-electron chi connectivity index (χ4n) is 4.46. The topological polar surface area (TPSA) is 29.1 Å². The van der Waals surface area contributed by atoms with Crippen molar-refractivity contribution in [2.45, 2.75) is 71.6 Å². The third-order valence-corrected chi connectivity index (χ3v) is 7.14. The van der Waals surface area contributed by atoms with Crippen molar-refractivity contribution in [1.29, 1.82) is 0 Å². The Bertz CT molecular complexity index is 742. The van der Waals surface area contributed by atoms with Gasteiger partial charge in [0, 0.05) is 15.9 Å². The van der Waals surface area contributed by atoms with E-state index in [1.54, 1.807) is 11.3 Å². The van der Waals surface area contributed by atoms with Crippen molar-refractivity contribution >= 4 is 22.9 Å². The largest absolute Gasteiger partial charge is 0.322 e. The number of carbonyl (C=O) groups is 1. The molecule has 0 saturated heterocycles. The number of para-hydroxylation sites is 1. The van der Waals surface area contributed by atoms with Gasteiger partial charge in [0.25, 0.3) is 5.91 Å². The first kappa shape index (κ1) is 20.1. The van der Waals surface area contributed by atoms with Gasteiger partial charge < -0.3 is 5.32 Å².